The molecule has 0 amide bonds. The summed E-state index contributed by atoms with van der Waals surface area (Å²) in [5.41, 5.74) is 2.24. The Morgan fingerprint density at radius 2 is 2.05 bits per heavy atom. The number of halogens is 1. The van der Waals surface area contributed by atoms with Crippen molar-refractivity contribution < 1.29 is 0 Å². The van der Waals surface area contributed by atoms with Gasteiger partial charge in [0.05, 0.1) is 0 Å². The number of aromatic nitrogens is 2. The fraction of sp³-hybridized carbons (Fsp3) is 0.429. The van der Waals surface area contributed by atoms with Gasteiger partial charge >= 0.3 is 0 Å². The van der Waals surface area contributed by atoms with Crippen molar-refractivity contribution in [2.75, 3.05) is 18.9 Å². The fourth-order valence-corrected chi connectivity index (χ4v) is 2.74. The second-order valence-electron chi connectivity index (χ2n) is 4.72. The van der Waals surface area contributed by atoms with Gasteiger partial charge in [-0.2, -0.15) is 0 Å². The van der Waals surface area contributed by atoms with Crippen LogP contribution in [0.4, 0.5) is 5.00 Å². The van der Waals surface area contributed by atoms with Gasteiger partial charge in [0.15, 0.2) is 0 Å². The van der Waals surface area contributed by atoms with Crippen molar-refractivity contribution in [2.45, 2.75) is 26.4 Å². The minimum atomic E-state index is 0.295. The van der Waals surface area contributed by atoms with Crippen LogP contribution >= 0.6 is 23.1 Å². The van der Waals surface area contributed by atoms with Crippen molar-refractivity contribution in [3.8, 4) is 0 Å². The van der Waals surface area contributed by atoms with E-state index in [9.17, 15) is 0 Å². The van der Waals surface area contributed by atoms with Gasteiger partial charge in [-0.05, 0) is 38.6 Å². The number of nitrogens with one attached hydrogen (secondary N) is 1. The summed E-state index contributed by atoms with van der Waals surface area (Å²) < 4.78 is 4.02. The van der Waals surface area contributed by atoms with Crippen LogP contribution in [0.1, 0.15) is 31.1 Å². The summed E-state index contributed by atoms with van der Waals surface area (Å²) in [6, 6.07) is 8.27. The summed E-state index contributed by atoms with van der Waals surface area (Å²) in [5, 5.41) is 9.33. The Balaban J connectivity index is 2.05. The molecule has 0 saturated heterocycles. The summed E-state index contributed by atoms with van der Waals surface area (Å²) in [6.07, 6.45) is 0. The molecular formula is C14H19ClN4S. The topological polar surface area (TPSA) is 41.1 Å². The number of benzene rings is 1. The van der Waals surface area contributed by atoms with Crippen LogP contribution in [-0.2, 0) is 6.54 Å². The van der Waals surface area contributed by atoms with Gasteiger partial charge in [-0.3, -0.25) is 4.90 Å². The molecule has 1 aromatic heterocycles. The van der Waals surface area contributed by atoms with Crippen molar-refractivity contribution in [1.29, 1.82) is 0 Å². The summed E-state index contributed by atoms with van der Waals surface area (Å²) in [4.78, 5) is 2.25. The maximum atomic E-state index is 5.93. The molecule has 108 valence electrons. The van der Waals surface area contributed by atoms with Crippen molar-refractivity contribution in [3.63, 3.8) is 0 Å². The molecule has 4 nitrogen and oxygen atoms in total. The molecule has 20 heavy (non-hydrogen) atoms. The van der Waals surface area contributed by atoms with Crippen LogP contribution in [0.2, 0.25) is 5.02 Å². The Morgan fingerprint density at radius 1 is 1.35 bits per heavy atom. The number of hydrogen-bond donors (Lipinski definition) is 1. The molecule has 6 heteroatoms. The highest BCUT2D eigenvalue weighted by atomic mass is 35.5. The van der Waals surface area contributed by atoms with Crippen LogP contribution in [-0.4, -0.2) is 28.1 Å². The molecule has 1 N–H and O–H groups in total. The van der Waals surface area contributed by atoms with Crippen molar-refractivity contribution in [1.82, 2.24) is 14.5 Å². The minimum Gasteiger partial charge on any atom is -0.374 e. The standard InChI is InChI=1S/C14H19ClN4S/c1-4-16-14-13(17-18-20-14)9-19(3)10(2)11-5-7-12(15)8-6-11/h5-8,10,16H,4,9H2,1-3H3. The Hall–Kier alpha value is -1.17. The Labute approximate surface area is 128 Å². The molecule has 0 bridgehead atoms. The first kappa shape index (κ1) is 15.2. The number of anilines is 1. The van der Waals surface area contributed by atoms with Gasteiger partial charge in [0.2, 0.25) is 0 Å². The molecule has 1 unspecified atom stereocenters. The first-order valence-electron chi connectivity index (χ1n) is 6.62. The minimum absolute atomic E-state index is 0.295. The fourth-order valence-electron chi connectivity index (χ4n) is 1.98. The van der Waals surface area contributed by atoms with Gasteiger partial charge in [0.1, 0.15) is 10.7 Å². The molecule has 1 heterocycles. The Bertz CT molecular complexity index is 540. The highest BCUT2D eigenvalue weighted by Gasteiger charge is 2.15. The van der Waals surface area contributed by atoms with Crippen LogP contribution in [0.15, 0.2) is 24.3 Å². The zero-order valence-electron chi connectivity index (χ0n) is 11.9. The van der Waals surface area contributed by atoms with Crippen LogP contribution < -0.4 is 5.32 Å². The predicted octanol–water partition coefficient (Wildman–Crippen LogP) is 3.82. The zero-order valence-corrected chi connectivity index (χ0v) is 13.5. The molecule has 1 atom stereocenters. The van der Waals surface area contributed by atoms with Gasteiger partial charge in [-0.1, -0.05) is 28.2 Å². The highest BCUT2D eigenvalue weighted by Crippen LogP contribution is 2.25. The van der Waals surface area contributed by atoms with E-state index >= 15 is 0 Å². The van der Waals surface area contributed by atoms with E-state index < -0.39 is 0 Å². The lowest BCUT2D eigenvalue weighted by molar-refractivity contribution is 0.250. The third-order valence-corrected chi connectivity index (χ3v) is 4.28. The average Bonchev–Trinajstić information content (AvgIpc) is 2.86. The lowest BCUT2D eigenvalue weighted by atomic mass is 10.1. The van der Waals surface area contributed by atoms with E-state index in [-0.39, 0.29) is 0 Å². The van der Waals surface area contributed by atoms with E-state index in [0.717, 1.165) is 28.8 Å². The van der Waals surface area contributed by atoms with Crippen LogP contribution in [0.5, 0.6) is 0 Å². The normalized spacial score (nSPS) is 12.7. The van der Waals surface area contributed by atoms with Crippen molar-refractivity contribution in [2.24, 2.45) is 0 Å². The number of hydrogen-bond acceptors (Lipinski definition) is 5. The van der Waals surface area contributed by atoms with Gasteiger partial charge in [0, 0.05) is 35.7 Å². The zero-order chi connectivity index (χ0) is 14.5. The van der Waals surface area contributed by atoms with Crippen LogP contribution in [0.3, 0.4) is 0 Å². The lowest BCUT2D eigenvalue weighted by Crippen LogP contribution is -2.22. The summed E-state index contributed by atoms with van der Waals surface area (Å²) >= 11 is 7.34. The first-order valence-corrected chi connectivity index (χ1v) is 7.77. The average molecular weight is 311 g/mol. The second-order valence-corrected chi connectivity index (χ2v) is 5.91. The molecule has 0 aliphatic carbocycles. The SMILES string of the molecule is CCNc1snnc1CN(C)C(C)c1ccc(Cl)cc1. The summed E-state index contributed by atoms with van der Waals surface area (Å²) in [7, 11) is 2.09. The molecule has 0 aliphatic rings. The molecule has 0 saturated carbocycles. The van der Waals surface area contributed by atoms with E-state index in [1.807, 2.05) is 12.1 Å². The maximum absolute atomic E-state index is 5.93. The summed E-state index contributed by atoms with van der Waals surface area (Å²) in [5.74, 6) is 0. The van der Waals surface area contributed by atoms with E-state index in [2.05, 4.69) is 52.8 Å². The predicted molar refractivity (Wildman–Crippen MR) is 85.4 cm³/mol. The monoisotopic (exact) mass is 310 g/mol. The van der Waals surface area contributed by atoms with Crippen LogP contribution in [0.25, 0.3) is 0 Å². The van der Waals surface area contributed by atoms with E-state index in [1.165, 1.54) is 17.1 Å². The quantitative estimate of drug-likeness (QED) is 0.880. The third-order valence-electron chi connectivity index (χ3n) is 3.31. The molecule has 0 aliphatic heterocycles. The molecule has 2 rings (SSSR count). The molecule has 0 spiro atoms. The Morgan fingerprint density at radius 3 is 2.70 bits per heavy atom. The molecular weight excluding hydrogens is 292 g/mol. The summed E-state index contributed by atoms with van der Waals surface area (Å²) in [6.45, 7) is 5.90. The van der Waals surface area contributed by atoms with E-state index in [0.29, 0.717) is 6.04 Å². The van der Waals surface area contributed by atoms with Crippen molar-refractivity contribution >= 4 is 28.1 Å². The van der Waals surface area contributed by atoms with Gasteiger partial charge in [-0.15, -0.1) is 5.10 Å². The lowest BCUT2D eigenvalue weighted by Gasteiger charge is -2.24. The van der Waals surface area contributed by atoms with Gasteiger partial charge in [0.25, 0.3) is 0 Å². The molecule has 1 aromatic carbocycles. The Kier molecular flexibility index (Phi) is 5.34. The molecule has 2 aromatic rings. The van der Waals surface area contributed by atoms with Crippen molar-refractivity contribution in [3.05, 3.63) is 40.5 Å². The van der Waals surface area contributed by atoms with Gasteiger partial charge in [-0.25, -0.2) is 0 Å². The highest BCUT2D eigenvalue weighted by molar-refractivity contribution is 7.10. The number of rotatable bonds is 6. The maximum Gasteiger partial charge on any atom is 0.134 e. The molecule has 0 radical (unpaired) electrons. The van der Waals surface area contributed by atoms with E-state index in [4.69, 9.17) is 11.6 Å². The second kappa shape index (κ2) is 7.02. The third kappa shape index (κ3) is 3.69. The van der Waals surface area contributed by atoms with Gasteiger partial charge < -0.3 is 5.32 Å². The largest absolute Gasteiger partial charge is 0.374 e. The van der Waals surface area contributed by atoms with E-state index in [1.54, 1.807) is 0 Å². The van der Waals surface area contributed by atoms with Crippen LogP contribution in [0, 0.1) is 0 Å². The molecule has 0 fully saturated rings. The first-order chi connectivity index (χ1) is 9.61. The smallest absolute Gasteiger partial charge is 0.134 e. The number of nitrogens with zero attached hydrogens (tertiary/aromatic N) is 3.